The first-order valence-corrected chi connectivity index (χ1v) is 6.06. The van der Waals surface area contributed by atoms with E-state index in [1.165, 1.54) is 16.3 Å². The van der Waals surface area contributed by atoms with Crippen LogP contribution in [-0.4, -0.2) is 24.9 Å². The van der Waals surface area contributed by atoms with E-state index in [2.05, 4.69) is 42.5 Å². The minimum atomic E-state index is 0.107. The fourth-order valence-electron chi connectivity index (χ4n) is 1.94. The number of rotatable bonds is 6. The lowest BCUT2D eigenvalue weighted by Crippen LogP contribution is -2.01. The van der Waals surface area contributed by atoms with Gasteiger partial charge < -0.3 is 9.84 Å². The van der Waals surface area contributed by atoms with Crippen LogP contribution in [0.2, 0.25) is 0 Å². The Bertz CT molecular complexity index is 465. The second-order valence-electron chi connectivity index (χ2n) is 4.12. The highest BCUT2D eigenvalue weighted by Crippen LogP contribution is 2.16. The summed E-state index contributed by atoms with van der Waals surface area (Å²) in [6, 6.07) is 15.0. The van der Waals surface area contributed by atoms with E-state index in [0.717, 1.165) is 12.8 Å². The molecule has 2 nitrogen and oxygen atoms in total. The molecule has 0 bridgehead atoms. The van der Waals surface area contributed by atoms with Gasteiger partial charge in [-0.1, -0.05) is 42.5 Å². The summed E-state index contributed by atoms with van der Waals surface area (Å²) in [5.74, 6) is 0. The molecule has 0 amide bonds. The summed E-state index contributed by atoms with van der Waals surface area (Å²) in [7, 11) is 0. The molecule has 0 aliphatic carbocycles. The Labute approximate surface area is 102 Å². The van der Waals surface area contributed by atoms with Gasteiger partial charge in [0.15, 0.2) is 0 Å². The van der Waals surface area contributed by atoms with E-state index >= 15 is 0 Å². The van der Waals surface area contributed by atoms with Crippen LogP contribution < -0.4 is 0 Å². The lowest BCUT2D eigenvalue weighted by atomic mass is 10.0. The summed E-state index contributed by atoms with van der Waals surface area (Å²) < 4.78 is 5.24. The molecule has 0 saturated heterocycles. The molecule has 0 aromatic heterocycles. The number of hydrogen-bond donors (Lipinski definition) is 1. The minimum absolute atomic E-state index is 0.107. The van der Waals surface area contributed by atoms with E-state index in [0.29, 0.717) is 13.2 Å². The van der Waals surface area contributed by atoms with Gasteiger partial charge in [-0.05, 0) is 29.2 Å². The topological polar surface area (TPSA) is 29.5 Å². The van der Waals surface area contributed by atoms with Crippen LogP contribution in [0.1, 0.15) is 12.0 Å². The molecule has 1 N–H and O–H groups in total. The number of benzene rings is 2. The van der Waals surface area contributed by atoms with E-state index in [4.69, 9.17) is 9.84 Å². The number of aliphatic hydroxyl groups excluding tert-OH is 1. The summed E-state index contributed by atoms with van der Waals surface area (Å²) in [5.41, 5.74) is 1.34. The third-order valence-electron chi connectivity index (χ3n) is 2.80. The summed E-state index contributed by atoms with van der Waals surface area (Å²) in [6.07, 6.45) is 2.02. The number of aryl methyl sites for hydroxylation is 1. The summed E-state index contributed by atoms with van der Waals surface area (Å²) >= 11 is 0. The zero-order chi connectivity index (χ0) is 11.9. The first-order valence-electron chi connectivity index (χ1n) is 6.06. The molecule has 0 fully saturated rings. The molecule has 0 aliphatic heterocycles. The standard InChI is InChI=1S/C15H18O2/c16-9-11-17-10-3-4-13-7-8-14-5-1-2-6-15(14)12-13/h1-2,5-8,12,16H,3-4,9-11H2. The molecule has 2 aromatic carbocycles. The molecule has 0 atom stereocenters. The van der Waals surface area contributed by atoms with E-state index in [1.54, 1.807) is 0 Å². The molecule has 0 radical (unpaired) electrons. The Morgan fingerprint density at radius 2 is 1.76 bits per heavy atom. The molecule has 2 heteroatoms. The van der Waals surface area contributed by atoms with Crippen molar-refractivity contribution in [1.29, 1.82) is 0 Å². The van der Waals surface area contributed by atoms with Gasteiger partial charge in [-0.25, -0.2) is 0 Å². The smallest absolute Gasteiger partial charge is 0.0697 e. The predicted octanol–water partition coefficient (Wildman–Crippen LogP) is 2.78. The Balaban J connectivity index is 1.90. The van der Waals surface area contributed by atoms with Crippen LogP contribution in [-0.2, 0) is 11.2 Å². The Morgan fingerprint density at radius 1 is 0.941 bits per heavy atom. The van der Waals surface area contributed by atoms with Crippen molar-refractivity contribution < 1.29 is 9.84 Å². The van der Waals surface area contributed by atoms with Crippen molar-refractivity contribution in [3.63, 3.8) is 0 Å². The first-order chi connectivity index (χ1) is 8.40. The van der Waals surface area contributed by atoms with Crippen LogP contribution in [0.5, 0.6) is 0 Å². The molecule has 2 aromatic rings. The maximum absolute atomic E-state index is 8.58. The predicted molar refractivity (Wildman–Crippen MR) is 70.2 cm³/mol. The Kier molecular flexibility index (Phi) is 4.54. The van der Waals surface area contributed by atoms with Crippen molar-refractivity contribution in [3.8, 4) is 0 Å². The van der Waals surface area contributed by atoms with Crippen molar-refractivity contribution in [2.75, 3.05) is 19.8 Å². The molecule has 2 rings (SSSR count). The van der Waals surface area contributed by atoms with Crippen LogP contribution in [0.25, 0.3) is 10.8 Å². The third-order valence-corrected chi connectivity index (χ3v) is 2.80. The van der Waals surface area contributed by atoms with Gasteiger partial charge in [0.2, 0.25) is 0 Å². The third kappa shape index (κ3) is 3.55. The highest BCUT2D eigenvalue weighted by atomic mass is 16.5. The zero-order valence-electron chi connectivity index (χ0n) is 9.93. The second kappa shape index (κ2) is 6.38. The molecular formula is C15H18O2. The van der Waals surface area contributed by atoms with Gasteiger partial charge in [-0.15, -0.1) is 0 Å². The normalized spacial score (nSPS) is 10.9. The molecule has 0 heterocycles. The van der Waals surface area contributed by atoms with Crippen LogP contribution in [0.4, 0.5) is 0 Å². The van der Waals surface area contributed by atoms with Gasteiger partial charge in [0.1, 0.15) is 0 Å². The van der Waals surface area contributed by atoms with Gasteiger partial charge in [0, 0.05) is 6.61 Å². The monoisotopic (exact) mass is 230 g/mol. The molecule has 17 heavy (non-hydrogen) atoms. The highest BCUT2D eigenvalue weighted by Gasteiger charge is 1.96. The van der Waals surface area contributed by atoms with Crippen molar-refractivity contribution in [3.05, 3.63) is 48.0 Å². The van der Waals surface area contributed by atoms with Crippen molar-refractivity contribution in [2.24, 2.45) is 0 Å². The second-order valence-corrected chi connectivity index (χ2v) is 4.12. The molecule has 0 unspecified atom stereocenters. The number of aliphatic hydroxyl groups is 1. The van der Waals surface area contributed by atoms with Crippen LogP contribution in [0.15, 0.2) is 42.5 Å². The summed E-state index contributed by atoms with van der Waals surface area (Å²) in [6.45, 7) is 1.26. The number of hydrogen-bond acceptors (Lipinski definition) is 2. The van der Waals surface area contributed by atoms with Gasteiger partial charge in [0.25, 0.3) is 0 Å². The van der Waals surface area contributed by atoms with Gasteiger partial charge >= 0.3 is 0 Å². The SMILES string of the molecule is OCCOCCCc1ccc2ccccc2c1. The van der Waals surface area contributed by atoms with Crippen LogP contribution in [0, 0.1) is 0 Å². The lowest BCUT2D eigenvalue weighted by Gasteiger charge is -2.04. The van der Waals surface area contributed by atoms with E-state index < -0.39 is 0 Å². The van der Waals surface area contributed by atoms with E-state index in [-0.39, 0.29) is 6.61 Å². The van der Waals surface area contributed by atoms with E-state index in [1.807, 2.05) is 0 Å². The van der Waals surface area contributed by atoms with Crippen molar-refractivity contribution in [2.45, 2.75) is 12.8 Å². The van der Waals surface area contributed by atoms with E-state index in [9.17, 15) is 0 Å². The van der Waals surface area contributed by atoms with Crippen LogP contribution in [0.3, 0.4) is 0 Å². The molecule has 0 aliphatic rings. The largest absolute Gasteiger partial charge is 0.394 e. The van der Waals surface area contributed by atoms with Gasteiger partial charge in [-0.2, -0.15) is 0 Å². The number of fused-ring (bicyclic) bond motifs is 1. The molecule has 90 valence electrons. The maximum Gasteiger partial charge on any atom is 0.0697 e. The van der Waals surface area contributed by atoms with Gasteiger partial charge in [0.05, 0.1) is 13.2 Å². The van der Waals surface area contributed by atoms with Crippen molar-refractivity contribution in [1.82, 2.24) is 0 Å². The highest BCUT2D eigenvalue weighted by molar-refractivity contribution is 5.82. The number of ether oxygens (including phenoxy) is 1. The molecular weight excluding hydrogens is 212 g/mol. The fraction of sp³-hybridized carbons (Fsp3) is 0.333. The fourth-order valence-corrected chi connectivity index (χ4v) is 1.94. The average Bonchev–Trinajstić information content (AvgIpc) is 2.38. The van der Waals surface area contributed by atoms with Gasteiger partial charge in [-0.3, -0.25) is 0 Å². The Morgan fingerprint density at radius 3 is 2.59 bits per heavy atom. The molecule has 0 saturated carbocycles. The van der Waals surface area contributed by atoms with Crippen molar-refractivity contribution >= 4 is 10.8 Å². The average molecular weight is 230 g/mol. The Hall–Kier alpha value is -1.38. The maximum atomic E-state index is 8.58. The zero-order valence-corrected chi connectivity index (χ0v) is 9.93. The summed E-state index contributed by atoms with van der Waals surface area (Å²) in [5, 5.41) is 11.2. The first kappa shape index (κ1) is 12.1. The lowest BCUT2D eigenvalue weighted by molar-refractivity contribution is 0.0909. The summed E-state index contributed by atoms with van der Waals surface area (Å²) in [4.78, 5) is 0. The van der Waals surface area contributed by atoms with Crippen LogP contribution >= 0.6 is 0 Å². The quantitative estimate of drug-likeness (QED) is 0.773. The molecule has 0 spiro atoms. The minimum Gasteiger partial charge on any atom is -0.394 e.